The molecular weight excluding hydrogens is 341 g/mol. The fourth-order valence-electron chi connectivity index (χ4n) is 0.678. The minimum atomic E-state index is 0.716. The number of rotatable bonds is 0. The number of fused-ring (bicyclic) bond motifs is 1. The van der Waals surface area contributed by atoms with Crippen LogP contribution in [0.1, 0.15) is 0 Å². The van der Waals surface area contributed by atoms with Crippen molar-refractivity contribution in [1.29, 1.82) is 0 Å². The molecule has 0 atom stereocenters. The predicted octanol–water partition coefficient (Wildman–Crippen LogP) is 2.45. The van der Waals surface area contributed by atoms with Crippen LogP contribution in [0.4, 0.5) is 0 Å². The fourth-order valence-corrected chi connectivity index (χ4v) is 2.25. The van der Waals surface area contributed by atoms with Gasteiger partial charge in [0.1, 0.15) is 3.70 Å². The first-order chi connectivity index (χ1) is 5.25. The number of hydrogen-bond acceptors (Lipinski definition) is 4. The number of aromatic nitrogens is 3. The van der Waals surface area contributed by atoms with Gasteiger partial charge < -0.3 is 0 Å². The largest absolute Gasteiger partial charge is 0.239 e. The van der Waals surface area contributed by atoms with Gasteiger partial charge in [-0.05, 0) is 38.5 Å². The molecule has 0 saturated heterocycles. The van der Waals surface area contributed by atoms with Gasteiger partial charge in [0.05, 0.1) is 6.20 Å². The van der Waals surface area contributed by atoms with Crippen molar-refractivity contribution in [2.24, 2.45) is 0 Å². The van der Waals surface area contributed by atoms with Gasteiger partial charge in [0.25, 0.3) is 0 Å². The molecule has 56 valence electrons. The summed E-state index contributed by atoms with van der Waals surface area (Å²) in [6, 6.07) is 0. The van der Waals surface area contributed by atoms with E-state index in [0.29, 0.717) is 5.65 Å². The molecule has 0 aromatic carbocycles. The van der Waals surface area contributed by atoms with Crippen molar-refractivity contribution in [1.82, 2.24) is 15.0 Å². The third-order valence-electron chi connectivity index (χ3n) is 1.07. The normalized spacial score (nSPS) is 10.7. The van der Waals surface area contributed by atoms with Crippen LogP contribution in [0.3, 0.4) is 0 Å². The van der Waals surface area contributed by atoms with Crippen LogP contribution in [0.5, 0.6) is 0 Å². The van der Waals surface area contributed by atoms with E-state index in [1.165, 1.54) is 11.3 Å². The van der Waals surface area contributed by atoms with Crippen molar-refractivity contribution < 1.29 is 0 Å². The third kappa shape index (κ3) is 1.52. The highest BCUT2D eigenvalue weighted by molar-refractivity contribution is 14.1. The van der Waals surface area contributed by atoms with E-state index in [1.807, 2.05) is 0 Å². The van der Waals surface area contributed by atoms with Gasteiger partial charge >= 0.3 is 0 Å². The van der Waals surface area contributed by atoms with Gasteiger partial charge in [-0.25, -0.2) is 15.0 Å². The molecular formula is C5HBrIN3S. The minimum absolute atomic E-state index is 0.716. The number of thiazole rings is 1. The van der Waals surface area contributed by atoms with Gasteiger partial charge in [-0.3, -0.25) is 0 Å². The molecule has 2 rings (SSSR count). The smallest absolute Gasteiger partial charge is 0.191 e. The molecule has 0 bridgehead atoms. The molecule has 0 spiro atoms. The third-order valence-corrected chi connectivity index (χ3v) is 2.99. The lowest BCUT2D eigenvalue weighted by atomic mass is 10.7. The highest BCUT2D eigenvalue weighted by atomic mass is 127. The van der Waals surface area contributed by atoms with Crippen molar-refractivity contribution in [2.75, 3.05) is 0 Å². The summed E-state index contributed by atoms with van der Waals surface area (Å²) in [5.41, 5.74) is 0.716. The lowest BCUT2D eigenvalue weighted by Gasteiger charge is -1.85. The highest BCUT2D eigenvalue weighted by Gasteiger charge is 2.02. The standard InChI is InChI=1S/C5HBrIN3S/c6-5-10-3-4(11-5)8-1-2(7)9-3/h1H. The van der Waals surface area contributed by atoms with Crippen molar-refractivity contribution in [2.45, 2.75) is 0 Å². The van der Waals surface area contributed by atoms with Crippen LogP contribution in [-0.4, -0.2) is 15.0 Å². The summed E-state index contributed by atoms with van der Waals surface area (Å²) in [5, 5.41) is 0. The first kappa shape index (κ1) is 7.81. The van der Waals surface area contributed by atoms with Crippen LogP contribution in [0.2, 0.25) is 0 Å². The molecule has 0 fully saturated rings. The Morgan fingerprint density at radius 2 is 2.27 bits per heavy atom. The summed E-state index contributed by atoms with van der Waals surface area (Å²) in [6.45, 7) is 0. The quantitative estimate of drug-likeness (QED) is 0.691. The molecule has 0 unspecified atom stereocenters. The summed E-state index contributed by atoms with van der Waals surface area (Å²) >= 11 is 6.88. The van der Waals surface area contributed by atoms with E-state index in [-0.39, 0.29) is 0 Å². The zero-order valence-corrected chi connectivity index (χ0v) is 9.64. The molecule has 0 aliphatic rings. The average molecular weight is 342 g/mol. The van der Waals surface area contributed by atoms with Crippen molar-refractivity contribution in [3.63, 3.8) is 0 Å². The lowest BCUT2D eigenvalue weighted by Crippen LogP contribution is -1.82. The Labute approximate surface area is 88.5 Å². The zero-order chi connectivity index (χ0) is 7.84. The van der Waals surface area contributed by atoms with Crippen molar-refractivity contribution in [3.05, 3.63) is 13.8 Å². The number of nitrogens with zero attached hydrogens (tertiary/aromatic N) is 3. The monoisotopic (exact) mass is 341 g/mol. The van der Waals surface area contributed by atoms with Gasteiger partial charge in [0.2, 0.25) is 0 Å². The molecule has 11 heavy (non-hydrogen) atoms. The maximum Gasteiger partial charge on any atom is 0.191 e. The fraction of sp³-hybridized carbons (Fsp3) is 0. The molecule has 0 amide bonds. The van der Waals surface area contributed by atoms with E-state index in [2.05, 4.69) is 53.5 Å². The van der Waals surface area contributed by atoms with Gasteiger partial charge in [-0.1, -0.05) is 11.3 Å². The van der Waals surface area contributed by atoms with E-state index in [0.717, 1.165) is 12.4 Å². The molecule has 2 heterocycles. The van der Waals surface area contributed by atoms with Crippen LogP contribution in [0.25, 0.3) is 10.5 Å². The molecule has 0 radical (unpaired) electrons. The average Bonchev–Trinajstić information content (AvgIpc) is 2.27. The highest BCUT2D eigenvalue weighted by Crippen LogP contribution is 2.22. The Balaban J connectivity index is 2.82. The van der Waals surface area contributed by atoms with Gasteiger partial charge in [-0.15, -0.1) is 0 Å². The number of hydrogen-bond donors (Lipinski definition) is 0. The second kappa shape index (κ2) is 2.91. The first-order valence-electron chi connectivity index (χ1n) is 2.70. The Kier molecular flexibility index (Phi) is 2.06. The van der Waals surface area contributed by atoms with E-state index < -0.39 is 0 Å². The Hall–Kier alpha value is 0.180. The van der Waals surface area contributed by atoms with Crippen molar-refractivity contribution in [3.8, 4) is 0 Å². The second-order valence-corrected chi connectivity index (χ2v) is 5.15. The summed E-state index contributed by atoms with van der Waals surface area (Å²) in [6.07, 6.45) is 1.73. The molecule has 0 N–H and O–H groups in total. The summed E-state index contributed by atoms with van der Waals surface area (Å²) in [4.78, 5) is 13.4. The zero-order valence-electron chi connectivity index (χ0n) is 5.08. The summed E-state index contributed by atoms with van der Waals surface area (Å²) in [7, 11) is 0. The second-order valence-electron chi connectivity index (χ2n) is 1.79. The molecule has 3 nitrogen and oxygen atoms in total. The van der Waals surface area contributed by atoms with Crippen LogP contribution in [0.15, 0.2) is 10.1 Å². The van der Waals surface area contributed by atoms with Crippen LogP contribution < -0.4 is 0 Å². The SMILES string of the molecule is Brc1nc2nc(I)cnc2s1. The Morgan fingerprint density at radius 1 is 1.45 bits per heavy atom. The van der Waals surface area contributed by atoms with Crippen molar-refractivity contribution >= 4 is 60.3 Å². The van der Waals surface area contributed by atoms with Crippen LogP contribution >= 0.6 is 49.9 Å². The van der Waals surface area contributed by atoms with E-state index in [1.54, 1.807) is 6.20 Å². The Morgan fingerprint density at radius 3 is 3.09 bits per heavy atom. The summed E-state index contributed by atoms with van der Waals surface area (Å²) < 4.78 is 1.70. The van der Waals surface area contributed by atoms with Gasteiger partial charge in [0, 0.05) is 0 Å². The first-order valence-corrected chi connectivity index (χ1v) is 5.39. The van der Waals surface area contributed by atoms with E-state index in [4.69, 9.17) is 0 Å². The maximum absolute atomic E-state index is 4.19. The van der Waals surface area contributed by atoms with Crippen LogP contribution in [-0.2, 0) is 0 Å². The molecule has 0 aliphatic heterocycles. The molecule has 2 aromatic rings. The lowest BCUT2D eigenvalue weighted by molar-refractivity contribution is 1.21. The Bertz CT molecular complexity index is 402. The van der Waals surface area contributed by atoms with E-state index >= 15 is 0 Å². The molecule has 0 aliphatic carbocycles. The van der Waals surface area contributed by atoms with E-state index in [9.17, 15) is 0 Å². The molecule has 6 heteroatoms. The molecule has 0 saturated carbocycles. The maximum atomic E-state index is 4.19. The summed E-state index contributed by atoms with van der Waals surface area (Å²) in [5.74, 6) is 0. The molecule has 2 aromatic heterocycles. The van der Waals surface area contributed by atoms with Gasteiger partial charge in [-0.2, -0.15) is 0 Å². The topological polar surface area (TPSA) is 38.7 Å². The minimum Gasteiger partial charge on any atom is -0.239 e. The predicted molar refractivity (Wildman–Crippen MR) is 55.6 cm³/mol. The van der Waals surface area contributed by atoms with Gasteiger partial charge in [0.15, 0.2) is 14.4 Å². The number of halogens is 2. The van der Waals surface area contributed by atoms with Crippen LogP contribution in [0, 0.1) is 3.70 Å².